The van der Waals surface area contributed by atoms with Gasteiger partial charge in [0.05, 0.1) is 0 Å². The van der Waals surface area contributed by atoms with Crippen LogP contribution in [-0.2, 0) is 16.1 Å². The first-order valence-corrected chi connectivity index (χ1v) is 7.70. The van der Waals surface area contributed by atoms with Gasteiger partial charge in [0.1, 0.15) is 6.61 Å². The van der Waals surface area contributed by atoms with Gasteiger partial charge in [0.2, 0.25) is 6.10 Å². The monoisotopic (exact) mass is 311 g/mol. The van der Waals surface area contributed by atoms with Gasteiger partial charge in [-0.3, -0.25) is 9.00 Å². The van der Waals surface area contributed by atoms with Crippen LogP contribution >= 0.6 is 0 Å². The van der Waals surface area contributed by atoms with Crippen LogP contribution in [0.25, 0.3) is 0 Å². The molecule has 21 heavy (non-hydrogen) atoms. The van der Waals surface area contributed by atoms with Crippen LogP contribution in [0.5, 0.6) is 11.5 Å². The number of carbonyl (C=O) groups excluding carboxylic acids is 1. The van der Waals surface area contributed by atoms with Crippen LogP contribution in [0.4, 0.5) is 0 Å². The topological polar surface area (TPSA) is 82.1 Å². The molecule has 0 bridgehead atoms. The zero-order chi connectivity index (χ0) is 14.8. The van der Waals surface area contributed by atoms with Crippen molar-refractivity contribution >= 4 is 17.2 Å². The maximum Gasteiger partial charge on any atom is 0.267 e. The Morgan fingerprint density at radius 3 is 2.52 bits per heavy atom. The van der Waals surface area contributed by atoms with Crippen LogP contribution in [0.2, 0.25) is 0 Å². The third-order valence-electron chi connectivity index (χ3n) is 3.55. The molecular formula is C13H15N2O5S-. The number of ether oxygens (including phenoxy) is 2. The normalized spacial score (nSPS) is 23.7. The third kappa shape index (κ3) is 3.02. The number of para-hydroxylation sites is 2. The summed E-state index contributed by atoms with van der Waals surface area (Å²) in [6.07, 6.45) is -0.677. The van der Waals surface area contributed by atoms with E-state index in [4.69, 9.17) is 9.47 Å². The fourth-order valence-electron chi connectivity index (χ4n) is 2.40. The van der Waals surface area contributed by atoms with Crippen LogP contribution < -0.4 is 9.47 Å². The van der Waals surface area contributed by atoms with Gasteiger partial charge >= 0.3 is 0 Å². The Morgan fingerprint density at radius 1 is 1.19 bits per heavy atom. The van der Waals surface area contributed by atoms with Crippen LogP contribution in [0.1, 0.15) is 0 Å². The van der Waals surface area contributed by atoms with Crippen molar-refractivity contribution in [2.24, 2.45) is 0 Å². The summed E-state index contributed by atoms with van der Waals surface area (Å²) >= 11 is -2.23. The summed E-state index contributed by atoms with van der Waals surface area (Å²) in [6, 6.07) is 7.20. The maximum atomic E-state index is 12.4. The summed E-state index contributed by atoms with van der Waals surface area (Å²) in [4.78, 5) is 14.0. The minimum Gasteiger partial charge on any atom is -0.760 e. The van der Waals surface area contributed by atoms with Crippen molar-refractivity contribution in [1.82, 2.24) is 9.21 Å². The highest BCUT2D eigenvalue weighted by Gasteiger charge is 2.32. The van der Waals surface area contributed by atoms with E-state index in [2.05, 4.69) is 0 Å². The molecule has 2 aliphatic heterocycles. The Hall–Kier alpha value is -1.64. The van der Waals surface area contributed by atoms with Gasteiger partial charge in [0, 0.05) is 37.4 Å². The molecule has 1 aromatic rings. The Morgan fingerprint density at radius 2 is 1.86 bits per heavy atom. The Bertz CT molecular complexity index is 559. The highest BCUT2D eigenvalue weighted by Crippen LogP contribution is 2.31. The number of fused-ring (bicyclic) bond motifs is 1. The zero-order valence-electron chi connectivity index (χ0n) is 11.3. The Labute approximate surface area is 124 Å². The molecule has 1 amide bonds. The molecule has 0 N–H and O–H groups in total. The predicted molar refractivity (Wildman–Crippen MR) is 73.4 cm³/mol. The van der Waals surface area contributed by atoms with E-state index >= 15 is 0 Å². The molecule has 1 aromatic carbocycles. The number of hydrogen-bond donors (Lipinski definition) is 0. The van der Waals surface area contributed by atoms with Gasteiger partial charge < -0.3 is 18.9 Å². The van der Waals surface area contributed by atoms with Gasteiger partial charge in [0.15, 0.2) is 11.5 Å². The van der Waals surface area contributed by atoms with Gasteiger partial charge in [-0.25, -0.2) is 4.31 Å². The summed E-state index contributed by atoms with van der Waals surface area (Å²) < 4.78 is 34.2. The molecule has 0 aromatic heterocycles. The summed E-state index contributed by atoms with van der Waals surface area (Å²) in [7, 11) is 0. The van der Waals surface area contributed by atoms with Gasteiger partial charge in [-0.05, 0) is 12.1 Å². The Kier molecular flexibility index (Phi) is 4.09. The van der Waals surface area contributed by atoms with Crippen molar-refractivity contribution in [3.63, 3.8) is 0 Å². The Balaban J connectivity index is 1.61. The van der Waals surface area contributed by atoms with Gasteiger partial charge in [-0.15, -0.1) is 0 Å². The molecule has 2 atom stereocenters. The molecule has 3 rings (SSSR count). The van der Waals surface area contributed by atoms with E-state index in [1.54, 1.807) is 17.0 Å². The molecule has 0 aliphatic carbocycles. The number of benzene rings is 1. The molecule has 7 nitrogen and oxygen atoms in total. The van der Waals surface area contributed by atoms with Crippen molar-refractivity contribution in [3.05, 3.63) is 24.3 Å². The van der Waals surface area contributed by atoms with Crippen LogP contribution in [0.15, 0.2) is 24.3 Å². The number of nitrogens with zero attached hydrogens (tertiary/aromatic N) is 2. The highest BCUT2D eigenvalue weighted by atomic mass is 32.2. The fourth-order valence-corrected chi connectivity index (χ4v) is 2.86. The first kappa shape index (κ1) is 14.3. The van der Waals surface area contributed by atoms with Crippen molar-refractivity contribution in [2.45, 2.75) is 6.10 Å². The van der Waals surface area contributed by atoms with Crippen molar-refractivity contribution in [3.8, 4) is 11.5 Å². The number of rotatable bonds is 2. The molecule has 0 saturated carbocycles. The number of hydrogen-bond acceptors (Lipinski definition) is 5. The minimum atomic E-state index is -2.23. The fraction of sp³-hybridized carbons (Fsp3) is 0.462. The minimum absolute atomic E-state index is 0.166. The first-order valence-electron chi connectivity index (χ1n) is 6.67. The molecule has 0 radical (unpaired) electrons. The van der Waals surface area contributed by atoms with Gasteiger partial charge in [-0.2, -0.15) is 0 Å². The quantitative estimate of drug-likeness (QED) is 0.704. The van der Waals surface area contributed by atoms with E-state index in [1.807, 2.05) is 12.1 Å². The van der Waals surface area contributed by atoms with Crippen molar-refractivity contribution in [2.75, 3.05) is 32.8 Å². The predicted octanol–water partition coefficient (Wildman–Crippen LogP) is -0.235. The summed E-state index contributed by atoms with van der Waals surface area (Å²) in [5.74, 6) is 1.02. The van der Waals surface area contributed by atoms with E-state index in [0.717, 1.165) is 0 Å². The third-order valence-corrected chi connectivity index (χ3v) is 4.33. The molecule has 0 spiro atoms. The molecule has 114 valence electrons. The lowest BCUT2D eigenvalue weighted by Crippen LogP contribution is -2.54. The molecule has 2 unspecified atom stereocenters. The van der Waals surface area contributed by atoms with Crippen molar-refractivity contribution < 1.29 is 23.0 Å². The molecule has 2 heterocycles. The summed E-state index contributed by atoms with van der Waals surface area (Å²) in [5.41, 5.74) is 0. The smallest absolute Gasteiger partial charge is 0.267 e. The molecule has 8 heteroatoms. The van der Waals surface area contributed by atoms with Crippen LogP contribution in [0.3, 0.4) is 0 Å². The largest absolute Gasteiger partial charge is 0.760 e. The van der Waals surface area contributed by atoms with Crippen LogP contribution in [-0.4, -0.2) is 62.8 Å². The van der Waals surface area contributed by atoms with E-state index in [0.29, 0.717) is 37.7 Å². The molecule has 1 fully saturated rings. The lowest BCUT2D eigenvalue weighted by molar-refractivity contribution is -0.142. The second kappa shape index (κ2) is 6.00. The van der Waals surface area contributed by atoms with Crippen molar-refractivity contribution in [1.29, 1.82) is 0 Å². The first-order chi connectivity index (χ1) is 10.1. The number of amides is 1. The number of piperazine rings is 1. The molecular weight excluding hydrogens is 296 g/mol. The molecule has 1 saturated heterocycles. The van der Waals surface area contributed by atoms with Crippen LogP contribution in [0, 0.1) is 0 Å². The molecule has 2 aliphatic rings. The van der Waals surface area contributed by atoms with Gasteiger partial charge in [0.25, 0.3) is 5.91 Å². The van der Waals surface area contributed by atoms with E-state index in [1.165, 1.54) is 4.31 Å². The van der Waals surface area contributed by atoms with Gasteiger partial charge in [-0.1, -0.05) is 12.1 Å². The summed E-state index contributed by atoms with van der Waals surface area (Å²) in [5, 5.41) is 0. The maximum absolute atomic E-state index is 12.4. The SMILES string of the molecule is O=C(C1COc2ccccc2O1)N1CCN(S(=O)[O-])CC1. The van der Waals surface area contributed by atoms with E-state index < -0.39 is 17.4 Å². The van der Waals surface area contributed by atoms with E-state index in [-0.39, 0.29) is 12.5 Å². The lowest BCUT2D eigenvalue weighted by Gasteiger charge is -2.37. The summed E-state index contributed by atoms with van der Waals surface area (Å²) in [6.45, 7) is 1.53. The average molecular weight is 311 g/mol. The zero-order valence-corrected chi connectivity index (χ0v) is 12.1. The highest BCUT2D eigenvalue weighted by molar-refractivity contribution is 7.76. The van der Waals surface area contributed by atoms with E-state index in [9.17, 15) is 13.6 Å². The second-order valence-electron chi connectivity index (χ2n) is 4.84. The number of carbonyl (C=O) groups is 1. The lowest BCUT2D eigenvalue weighted by atomic mass is 10.2. The average Bonchev–Trinajstić information content (AvgIpc) is 2.54. The second-order valence-corrected chi connectivity index (χ2v) is 5.79. The standard InChI is InChI=1S/C13H16N2O5S/c16-13(14-5-7-15(8-6-14)21(17)18)12-9-19-10-3-1-2-4-11(10)20-12/h1-4,12H,5-9H2,(H,17,18)/p-1.